The summed E-state index contributed by atoms with van der Waals surface area (Å²) in [5.74, 6) is 0.147. The lowest BCUT2D eigenvalue weighted by molar-refractivity contribution is 0.359. The molecule has 0 unspecified atom stereocenters. The van der Waals surface area contributed by atoms with Crippen molar-refractivity contribution in [2.75, 3.05) is 6.61 Å². The molecule has 1 heterocycles. The highest BCUT2D eigenvalue weighted by atomic mass is 32.2. The van der Waals surface area contributed by atoms with E-state index in [-0.39, 0.29) is 16.4 Å². The van der Waals surface area contributed by atoms with Crippen molar-refractivity contribution in [3.05, 3.63) is 64.3 Å². The second-order valence-corrected chi connectivity index (χ2v) is 6.87. The van der Waals surface area contributed by atoms with Crippen LogP contribution in [-0.2, 0) is 9.84 Å². The number of aryl methyl sites for hydroxylation is 1. The van der Waals surface area contributed by atoms with E-state index in [1.807, 2.05) is 25.1 Å². The minimum atomic E-state index is -3.57. The molecule has 0 N–H and O–H groups in total. The summed E-state index contributed by atoms with van der Waals surface area (Å²) in [6.07, 6.45) is 1.46. The average Bonchev–Trinajstić information content (AvgIpc) is 2.67. The molecule has 0 spiro atoms. The topological polar surface area (TPSA) is 43.4 Å². The van der Waals surface area contributed by atoms with E-state index in [0.717, 1.165) is 11.6 Å². The molecule has 0 saturated carbocycles. The monoisotopic (exact) mass is 304 g/mol. The van der Waals surface area contributed by atoms with Crippen molar-refractivity contribution < 1.29 is 17.5 Å². The van der Waals surface area contributed by atoms with E-state index in [0.29, 0.717) is 11.3 Å². The Morgan fingerprint density at radius 1 is 1.14 bits per heavy atom. The van der Waals surface area contributed by atoms with Gasteiger partial charge in [-0.15, -0.1) is 0 Å². The van der Waals surface area contributed by atoms with Crippen LogP contribution in [0.2, 0.25) is 0 Å². The van der Waals surface area contributed by atoms with Crippen molar-refractivity contribution >= 4 is 15.9 Å². The Hall–Kier alpha value is -2.14. The van der Waals surface area contributed by atoms with E-state index in [1.165, 1.54) is 18.2 Å². The van der Waals surface area contributed by atoms with E-state index in [2.05, 4.69) is 0 Å². The van der Waals surface area contributed by atoms with Crippen LogP contribution in [0.4, 0.5) is 4.39 Å². The van der Waals surface area contributed by atoms with Crippen LogP contribution in [0.5, 0.6) is 5.75 Å². The maximum atomic E-state index is 13.2. The molecule has 21 heavy (non-hydrogen) atoms. The zero-order chi connectivity index (χ0) is 15.0. The molecule has 0 saturated heterocycles. The summed E-state index contributed by atoms with van der Waals surface area (Å²) < 4.78 is 43.3. The number of ether oxygens (including phenoxy) is 1. The van der Waals surface area contributed by atoms with Gasteiger partial charge >= 0.3 is 0 Å². The van der Waals surface area contributed by atoms with Crippen molar-refractivity contribution in [3.8, 4) is 5.75 Å². The zero-order valence-electron chi connectivity index (χ0n) is 11.3. The molecule has 0 amide bonds. The Kier molecular flexibility index (Phi) is 3.29. The molecule has 0 bridgehead atoms. The molecule has 1 aliphatic rings. The predicted octanol–water partition coefficient (Wildman–Crippen LogP) is 3.34. The lowest BCUT2D eigenvalue weighted by Gasteiger charge is -2.08. The molecule has 0 fully saturated rings. The molecule has 5 heteroatoms. The van der Waals surface area contributed by atoms with Gasteiger partial charge in [0.05, 0.1) is 9.80 Å². The number of sulfone groups is 1. The standard InChI is InChI=1S/C16H13FO3S/c1-11-3-2-4-14(7-11)20-10-15-9-12-8-13(17)5-6-16(12)21(15,18)19/h2-9H,10H2,1H3. The minimum Gasteiger partial charge on any atom is -0.488 e. The number of halogens is 1. The lowest BCUT2D eigenvalue weighted by Crippen LogP contribution is -2.09. The van der Waals surface area contributed by atoms with Gasteiger partial charge in [0.15, 0.2) is 0 Å². The summed E-state index contributed by atoms with van der Waals surface area (Å²) >= 11 is 0. The molecule has 1 aliphatic heterocycles. The minimum absolute atomic E-state index is 0.0674. The maximum absolute atomic E-state index is 13.2. The third kappa shape index (κ3) is 2.56. The number of hydrogen-bond acceptors (Lipinski definition) is 3. The van der Waals surface area contributed by atoms with Gasteiger partial charge in [0.2, 0.25) is 9.84 Å². The van der Waals surface area contributed by atoms with Gasteiger partial charge in [0.1, 0.15) is 18.2 Å². The third-order valence-corrected chi connectivity index (χ3v) is 5.17. The van der Waals surface area contributed by atoms with Crippen LogP contribution in [-0.4, -0.2) is 15.0 Å². The van der Waals surface area contributed by atoms with Crippen molar-refractivity contribution in [2.24, 2.45) is 0 Å². The summed E-state index contributed by atoms with van der Waals surface area (Å²) in [6, 6.07) is 11.0. The first kappa shape index (κ1) is 13.8. The molecular weight excluding hydrogens is 291 g/mol. The van der Waals surface area contributed by atoms with Crippen LogP contribution < -0.4 is 4.74 Å². The van der Waals surface area contributed by atoms with Crippen molar-refractivity contribution in [1.82, 2.24) is 0 Å². The van der Waals surface area contributed by atoms with Gasteiger partial charge in [-0.1, -0.05) is 12.1 Å². The zero-order valence-corrected chi connectivity index (χ0v) is 12.2. The fourth-order valence-corrected chi connectivity index (χ4v) is 3.70. The largest absolute Gasteiger partial charge is 0.488 e. The molecule has 0 aromatic heterocycles. The van der Waals surface area contributed by atoms with Gasteiger partial charge in [-0.25, -0.2) is 12.8 Å². The Labute approximate surface area is 122 Å². The Morgan fingerprint density at radius 3 is 2.71 bits per heavy atom. The third-order valence-electron chi connectivity index (χ3n) is 3.29. The Morgan fingerprint density at radius 2 is 1.95 bits per heavy atom. The highest BCUT2D eigenvalue weighted by molar-refractivity contribution is 7.95. The van der Waals surface area contributed by atoms with Gasteiger partial charge < -0.3 is 4.74 Å². The first-order chi connectivity index (χ1) is 9.96. The van der Waals surface area contributed by atoms with Crippen LogP contribution in [0.25, 0.3) is 6.08 Å². The lowest BCUT2D eigenvalue weighted by atomic mass is 10.2. The fourth-order valence-electron chi connectivity index (χ4n) is 2.25. The normalized spacial score (nSPS) is 15.4. The summed E-state index contributed by atoms with van der Waals surface area (Å²) in [7, 11) is -3.57. The van der Waals surface area contributed by atoms with Crippen molar-refractivity contribution in [1.29, 1.82) is 0 Å². The quantitative estimate of drug-likeness (QED) is 0.817. The number of rotatable bonds is 3. The highest BCUT2D eigenvalue weighted by Gasteiger charge is 2.30. The van der Waals surface area contributed by atoms with E-state index in [9.17, 15) is 12.8 Å². The van der Waals surface area contributed by atoms with Crippen LogP contribution in [0.3, 0.4) is 0 Å². The fraction of sp³-hybridized carbons (Fsp3) is 0.125. The van der Waals surface area contributed by atoms with Gasteiger partial charge in [0.25, 0.3) is 0 Å². The van der Waals surface area contributed by atoms with E-state index in [4.69, 9.17) is 4.74 Å². The first-order valence-corrected chi connectivity index (χ1v) is 7.90. The molecule has 108 valence electrons. The summed E-state index contributed by atoms with van der Waals surface area (Å²) in [5.41, 5.74) is 1.40. The SMILES string of the molecule is Cc1cccc(OCC2=Cc3cc(F)ccc3S2(=O)=O)c1. The molecule has 3 rings (SSSR count). The van der Waals surface area contributed by atoms with Crippen LogP contribution >= 0.6 is 0 Å². The van der Waals surface area contributed by atoms with Crippen LogP contribution in [0, 0.1) is 12.7 Å². The van der Waals surface area contributed by atoms with Gasteiger partial charge in [-0.3, -0.25) is 0 Å². The Bertz CT molecular complexity index is 838. The van der Waals surface area contributed by atoms with Crippen LogP contribution in [0.15, 0.2) is 52.3 Å². The Balaban J connectivity index is 1.86. The van der Waals surface area contributed by atoms with E-state index >= 15 is 0 Å². The summed E-state index contributed by atoms with van der Waals surface area (Å²) in [6.45, 7) is 1.86. The molecule has 2 aromatic rings. The second kappa shape index (κ2) is 5.00. The van der Waals surface area contributed by atoms with Crippen LogP contribution in [0.1, 0.15) is 11.1 Å². The summed E-state index contributed by atoms with van der Waals surface area (Å²) in [4.78, 5) is 0.274. The molecule has 0 aliphatic carbocycles. The number of fused-ring (bicyclic) bond motifs is 1. The van der Waals surface area contributed by atoms with Gasteiger partial charge in [0, 0.05) is 0 Å². The smallest absolute Gasteiger partial charge is 0.206 e. The van der Waals surface area contributed by atoms with Gasteiger partial charge in [-0.05, 0) is 54.5 Å². The molecule has 0 radical (unpaired) electrons. The average molecular weight is 304 g/mol. The van der Waals surface area contributed by atoms with Crippen molar-refractivity contribution in [2.45, 2.75) is 11.8 Å². The van der Waals surface area contributed by atoms with Gasteiger partial charge in [-0.2, -0.15) is 0 Å². The first-order valence-electron chi connectivity index (χ1n) is 6.41. The molecular formula is C16H13FO3S. The number of benzene rings is 2. The highest BCUT2D eigenvalue weighted by Crippen LogP contribution is 2.33. The predicted molar refractivity (Wildman–Crippen MR) is 78.2 cm³/mol. The second-order valence-electron chi connectivity index (χ2n) is 4.90. The molecule has 0 atom stereocenters. The number of hydrogen-bond donors (Lipinski definition) is 0. The van der Waals surface area contributed by atoms with E-state index in [1.54, 1.807) is 6.07 Å². The van der Waals surface area contributed by atoms with E-state index < -0.39 is 15.7 Å². The molecule has 2 aromatic carbocycles. The summed E-state index contributed by atoms with van der Waals surface area (Å²) in [5, 5.41) is 0. The van der Waals surface area contributed by atoms with Crippen molar-refractivity contribution in [3.63, 3.8) is 0 Å². The molecule has 3 nitrogen and oxygen atoms in total. The maximum Gasteiger partial charge on any atom is 0.206 e.